The monoisotopic (exact) mass is 724 g/mol. The molecule has 4 N–H and O–H groups in total. The van der Waals surface area contributed by atoms with Gasteiger partial charge in [0, 0.05) is 36.6 Å². The Labute approximate surface area is 303 Å². The van der Waals surface area contributed by atoms with E-state index in [1.165, 1.54) is 24.1 Å². The van der Waals surface area contributed by atoms with Crippen molar-refractivity contribution in [3.8, 4) is 5.75 Å². The molecule has 7 rings (SSSR count). The van der Waals surface area contributed by atoms with Crippen LogP contribution in [-0.2, 0) is 46.5 Å². The molecule has 3 aromatic carbocycles. The number of rotatable bonds is 10. The molecule has 272 valence electrons. The minimum atomic E-state index is -1.21. The number of amides is 5. The third-order valence-corrected chi connectivity index (χ3v) is 9.73. The number of benzene rings is 3. The highest BCUT2D eigenvalue weighted by atomic mass is 16.7. The lowest BCUT2D eigenvalue weighted by Gasteiger charge is -2.27. The third-order valence-electron chi connectivity index (χ3n) is 9.73. The fraction of sp³-hybridized carbons (Fsp3) is 0.314. The van der Waals surface area contributed by atoms with Gasteiger partial charge >= 0.3 is 20.2 Å². The maximum atomic E-state index is 14.2. The summed E-state index contributed by atoms with van der Waals surface area (Å²) < 4.78 is 15.8. The number of hydrogen-bond donors (Lipinski definition) is 4. The smallest absolute Gasteiger partial charge is 0.491 e. The number of hydrogen-bond acceptors (Lipinski definition) is 12. The highest BCUT2D eigenvalue weighted by Crippen LogP contribution is 2.27. The van der Waals surface area contributed by atoms with E-state index in [1.54, 1.807) is 48.5 Å². The zero-order chi connectivity index (χ0) is 37.4. The van der Waals surface area contributed by atoms with Crippen molar-refractivity contribution in [1.29, 1.82) is 0 Å². The molecule has 2 fully saturated rings. The number of fused-ring (bicyclic) bond motifs is 2. The number of methoxy groups -OCH3 is 1. The molecule has 16 nitrogen and oxygen atoms in total. The average molecular weight is 724 g/mol. The molecule has 53 heavy (non-hydrogen) atoms. The van der Waals surface area contributed by atoms with Gasteiger partial charge in [-0.05, 0) is 70.4 Å². The first-order chi connectivity index (χ1) is 25.5. The van der Waals surface area contributed by atoms with Gasteiger partial charge in [0.25, 0.3) is 23.6 Å². The van der Waals surface area contributed by atoms with Crippen LogP contribution in [0, 0.1) is 0 Å². The molecule has 0 aromatic heterocycles. The van der Waals surface area contributed by atoms with Crippen LogP contribution in [-0.4, -0.2) is 95.5 Å². The van der Waals surface area contributed by atoms with E-state index in [1.807, 2.05) is 0 Å². The molecule has 0 saturated carbocycles. The first-order valence-corrected chi connectivity index (χ1v) is 17.0. The van der Waals surface area contributed by atoms with Gasteiger partial charge in [-0.3, -0.25) is 24.0 Å². The maximum Gasteiger partial charge on any atom is 0.491 e. The Bertz CT molecular complexity index is 1980. The molecule has 0 bridgehead atoms. The third kappa shape index (κ3) is 7.39. The lowest BCUT2D eigenvalue weighted by Crippen LogP contribution is -2.47. The van der Waals surface area contributed by atoms with Crippen LogP contribution >= 0.6 is 0 Å². The normalized spacial score (nSPS) is 19.6. The van der Waals surface area contributed by atoms with Crippen LogP contribution in [0.4, 0.5) is 0 Å². The van der Waals surface area contributed by atoms with Crippen LogP contribution in [0.5, 0.6) is 5.75 Å². The van der Waals surface area contributed by atoms with Crippen molar-refractivity contribution in [3.05, 3.63) is 88.5 Å². The number of imide groups is 1. The van der Waals surface area contributed by atoms with E-state index in [2.05, 4.69) is 10.6 Å². The Morgan fingerprint density at radius 3 is 2.11 bits per heavy atom. The van der Waals surface area contributed by atoms with Gasteiger partial charge in [-0.1, -0.05) is 24.3 Å². The largest absolute Gasteiger partial charge is 0.497 e. The van der Waals surface area contributed by atoms with Crippen LogP contribution < -0.4 is 26.3 Å². The fourth-order valence-electron chi connectivity index (χ4n) is 6.87. The Hall–Kier alpha value is -5.55. The van der Waals surface area contributed by atoms with Gasteiger partial charge in [-0.15, -0.1) is 5.06 Å². The number of ether oxygens (including phenoxy) is 1. The summed E-state index contributed by atoms with van der Waals surface area (Å²) in [7, 11) is -0.892. The van der Waals surface area contributed by atoms with Crippen molar-refractivity contribution in [1.82, 2.24) is 20.6 Å². The van der Waals surface area contributed by atoms with Gasteiger partial charge in [0.05, 0.1) is 32.8 Å². The van der Waals surface area contributed by atoms with Crippen molar-refractivity contribution in [3.63, 3.8) is 0 Å². The van der Waals surface area contributed by atoms with Crippen molar-refractivity contribution >= 4 is 60.7 Å². The lowest BCUT2D eigenvalue weighted by atomic mass is 9.78. The van der Waals surface area contributed by atoms with Crippen LogP contribution in [0.1, 0.15) is 69.1 Å². The SMILES string of the molecule is COc1ccc([C@H](CC(=O)ON2C(=O)CCC2=O)NC(=O)[C@@H]2C[C@@H](NC(=O)c3ccc4c(c3)B(O)OC4)CN2C(=O)c2ccc3c(c2)B(O)OC3)cc1. The van der Waals surface area contributed by atoms with Gasteiger partial charge in [0.2, 0.25) is 5.91 Å². The Balaban J connectivity index is 1.14. The zero-order valence-electron chi connectivity index (χ0n) is 28.5. The van der Waals surface area contributed by atoms with E-state index in [9.17, 15) is 38.8 Å². The standard InChI is InChI=1S/C35H34B2N4O12/c1-50-25-8-6-19(7-9-25)28(15-32(44)53-41-30(42)10-11-31(41)43)39-34(46)29-14-24(38-33(45)20-2-4-22-17-51-36(48)26(22)12-20)16-40(29)35(47)21-3-5-23-18-52-37(49)27(23)13-21/h2-9,12-13,24,28-29,48-49H,10-11,14-18H2,1H3,(H,38,45)(H,39,46)/t24-,28+,29+/m1/s1. The number of likely N-dealkylation sites (tertiary alicyclic amines) is 1. The molecule has 0 radical (unpaired) electrons. The lowest BCUT2D eigenvalue weighted by molar-refractivity contribution is -0.197. The van der Waals surface area contributed by atoms with Crippen molar-refractivity contribution in [2.75, 3.05) is 13.7 Å². The van der Waals surface area contributed by atoms with E-state index in [-0.39, 0.29) is 50.1 Å². The summed E-state index contributed by atoms with van der Waals surface area (Å²) in [5, 5.41) is 26.6. The maximum absolute atomic E-state index is 14.2. The molecule has 4 aliphatic rings. The first-order valence-electron chi connectivity index (χ1n) is 17.0. The van der Waals surface area contributed by atoms with E-state index in [0.717, 1.165) is 5.56 Å². The highest BCUT2D eigenvalue weighted by molar-refractivity contribution is 6.62. The number of nitrogens with one attached hydrogen (secondary N) is 2. The number of nitrogens with zero attached hydrogens (tertiary/aromatic N) is 2. The summed E-state index contributed by atoms with van der Waals surface area (Å²) in [5.74, 6) is -3.45. The molecule has 0 unspecified atom stereocenters. The summed E-state index contributed by atoms with van der Waals surface area (Å²) in [5.41, 5.74) is 3.26. The molecule has 18 heteroatoms. The van der Waals surface area contributed by atoms with E-state index in [0.29, 0.717) is 32.9 Å². The summed E-state index contributed by atoms with van der Waals surface area (Å²) >= 11 is 0. The summed E-state index contributed by atoms with van der Waals surface area (Å²) in [6.07, 6.45) is -0.667. The van der Waals surface area contributed by atoms with Crippen molar-refractivity contribution in [2.45, 2.75) is 57.0 Å². The second-order valence-electron chi connectivity index (χ2n) is 13.1. The molecule has 4 aliphatic heterocycles. The highest BCUT2D eigenvalue weighted by Gasteiger charge is 2.42. The van der Waals surface area contributed by atoms with Crippen LogP contribution in [0.3, 0.4) is 0 Å². The summed E-state index contributed by atoms with van der Waals surface area (Å²) in [6.45, 7) is 0.323. The van der Waals surface area contributed by atoms with Gasteiger partial charge in [0.1, 0.15) is 11.8 Å². The molecule has 2 saturated heterocycles. The minimum absolute atomic E-state index is 0.00672. The Kier molecular flexibility index (Phi) is 10.0. The molecule has 0 spiro atoms. The van der Waals surface area contributed by atoms with Crippen LogP contribution in [0.25, 0.3) is 0 Å². The zero-order valence-corrected chi connectivity index (χ0v) is 28.5. The molecular formula is C35H34B2N4O12. The molecule has 3 aromatic rings. The van der Waals surface area contributed by atoms with E-state index < -0.39 is 74.3 Å². The predicted molar refractivity (Wildman–Crippen MR) is 184 cm³/mol. The average Bonchev–Trinajstić information content (AvgIpc) is 3.94. The second kappa shape index (κ2) is 14.8. The van der Waals surface area contributed by atoms with Crippen LogP contribution in [0.15, 0.2) is 60.7 Å². The fourth-order valence-corrected chi connectivity index (χ4v) is 6.87. The van der Waals surface area contributed by atoms with Gasteiger partial charge < -0.3 is 44.5 Å². The van der Waals surface area contributed by atoms with Gasteiger partial charge in [0.15, 0.2) is 0 Å². The Morgan fingerprint density at radius 2 is 1.49 bits per heavy atom. The summed E-state index contributed by atoms with van der Waals surface area (Å²) in [4.78, 5) is 85.4. The first kappa shape index (κ1) is 35.8. The van der Waals surface area contributed by atoms with Crippen molar-refractivity contribution < 1.29 is 57.7 Å². The van der Waals surface area contributed by atoms with E-state index in [4.69, 9.17) is 18.9 Å². The number of carbonyl (C=O) groups excluding carboxylic acids is 6. The molecule has 3 atom stereocenters. The minimum Gasteiger partial charge on any atom is -0.497 e. The topological polar surface area (TPSA) is 210 Å². The molecule has 5 amide bonds. The van der Waals surface area contributed by atoms with Gasteiger partial charge in [-0.2, -0.15) is 0 Å². The van der Waals surface area contributed by atoms with Crippen LogP contribution in [0.2, 0.25) is 0 Å². The van der Waals surface area contributed by atoms with Crippen molar-refractivity contribution in [2.24, 2.45) is 0 Å². The van der Waals surface area contributed by atoms with Gasteiger partial charge in [-0.25, -0.2) is 4.79 Å². The quantitative estimate of drug-likeness (QED) is 0.147. The predicted octanol–water partition coefficient (Wildman–Crippen LogP) is -1.00. The summed E-state index contributed by atoms with van der Waals surface area (Å²) in [6, 6.07) is 13.2. The molecule has 4 heterocycles. The number of hydroxylamine groups is 2. The Morgan fingerprint density at radius 1 is 0.887 bits per heavy atom. The second-order valence-corrected chi connectivity index (χ2v) is 13.1. The molecule has 0 aliphatic carbocycles. The number of carbonyl (C=O) groups is 6. The molecular weight excluding hydrogens is 690 g/mol. The van der Waals surface area contributed by atoms with E-state index >= 15 is 0 Å².